The highest BCUT2D eigenvalue weighted by atomic mass is 15.2. The summed E-state index contributed by atoms with van der Waals surface area (Å²) in [6.07, 6.45) is 4.56. The van der Waals surface area contributed by atoms with Crippen molar-refractivity contribution in [3.63, 3.8) is 0 Å². The molecule has 6 heteroatoms. The molecule has 0 aromatic carbocycles. The molecule has 114 valence electrons. The molecule has 4 rings (SSSR count). The van der Waals surface area contributed by atoms with Crippen LogP contribution < -0.4 is 4.90 Å². The van der Waals surface area contributed by atoms with E-state index in [2.05, 4.69) is 45.3 Å². The zero-order valence-corrected chi connectivity index (χ0v) is 13.2. The first-order valence-corrected chi connectivity index (χ1v) is 7.72. The summed E-state index contributed by atoms with van der Waals surface area (Å²) >= 11 is 0. The van der Waals surface area contributed by atoms with Crippen molar-refractivity contribution in [2.45, 2.75) is 32.7 Å². The van der Waals surface area contributed by atoms with Gasteiger partial charge in [-0.2, -0.15) is 0 Å². The molecule has 1 N–H and O–H groups in total. The van der Waals surface area contributed by atoms with E-state index in [-0.39, 0.29) is 0 Å². The third-order valence-corrected chi connectivity index (χ3v) is 4.42. The second kappa shape index (κ2) is 4.83. The van der Waals surface area contributed by atoms with Crippen LogP contribution in [0.2, 0.25) is 0 Å². The number of nitrogens with zero attached hydrogens (tertiary/aromatic N) is 5. The largest absolute Gasteiger partial charge is 0.348 e. The van der Waals surface area contributed by atoms with Crippen LogP contribution in [0, 0.1) is 0 Å². The van der Waals surface area contributed by atoms with Crippen LogP contribution in [-0.4, -0.2) is 31.0 Å². The van der Waals surface area contributed by atoms with Gasteiger partial charge >= 0.3 is 0 Å². The fourth-order valence-corrected chi connectivity index (χ4v) is 3.33. The Hall–Kier alpha value is -2.37. The number of anilines is 1. The number of H-pyrrole nitrogens is 1. The predicted molar refractivity (Wildman–Crippen MR) is 85.9 cm³/mol. The van der Waals surface area contributed by atoms with Crippen molar-refractivity contribution in [3.05, 3.63) is 35.8 Å². The van der Waals surface area contributed by atoms with E-state index in [1.54, 1.807) is 6.33 Å². The molecule has 3 aromatic rings. The molecule has 0 spiro atoms. The number of nitrogens with one attached hydrogen (secondary N) is 1. The smallest absolute Gasteiger partial charge is 0.157 e. The number of hydrogen-bond acceptors (Lipinski definition) is 4. The molecule has 0 saturated heterocycles. The first-order chi connectivity index (χ1) is 10.6. The zero-order chi connectivity index (χ0) is 15.3. The second-order valence-corrected chi connectivity index (χ2v) is 6.18. The Balaban J connectivity index is 1.73. The lowest BCUT2D eigenvalue weighted by molar-refractivity contribution is 0.660. The van der Waals surface area contributed by atoms with E-state index < -0.39 is 0 Å². The molecule has 0 saturated carbocycles. The summed E-state index contributed by atoms with van der Waals surface area (Å²) in [4.78, 5) is 19.3. The minimum absolute atomic E-state index is 0.442. The monoisotopic (exact) mass is 296 g/mol. The standard InChI is InChI=1S/C16H20N6/c1-10(2)15-20-12-8-22(7-5-13(12)21(15)3)16-14-11(4-6-17-16)18-9-19-14/h4,6,9-10H,5,7-8H2,1-3H3,(H,18,19). The maximum atomic E-state index is 4.86. The molecule has 4 heterocycles. The van der Waals surface area contributed by atoms with Gasteiger partial charge in [-0.15, -0.1) is 0 Å². The summed E-state index contributed by atoms with van der Waals surface area (Å²) in [5.74, 6) is 2.55. The van der Waals surface area contributed by atoms with E-state index in [9.17, 15) is 0 Å². The lowest BCUT2D eigenvalue weighted by Gasteiger charge is -2.27. The van der Waals surface area contributed by atoms with Crippen LogP contribution in [0.5, 0.6) is 0 Å². The molecule has 0 radical (unpaired) electrons. The second-order valence-electron chi connectivity index (χ2n) is 6.18. The number of aromatic nitrogens is 5. The van der Waals surface area contributed by atoms with E-state index >= 15 is 0 Å². The van der Waals surface area contributed by atoms with E-state index in [0.29, 0.717) is 5.92 Å². The molecular formula is C16H20N6. The van der Waals surface area contributed by atoms with Crippen molar-refractivity contribution in [2.24, 2.45) is 7.05 Å². The van der Waals surface area contributed by atoms with Crippen LogP contribution >= 0.6 is 0 Å². The maximum Gasteiger partial charge on any atom is 0.157 e. The van der Waals surface area contributed by atoms with Crippen molar-refractivity contribution in [1.29, 1.82) is 0 Å². The van der Waals surface area contributed by atoms with Gasteiger partial charge in [0.1, 0.15) is 11.3 Å². The average Bonchev–Trinajstić information content (AvgIpc) is 3.11. The Bertz CT molecular complexity index is 828. The quantitative estimate of drug-likeness (QED) is 0.788. The number of hydrogen-bond donors (Lipinski definition) is 1. The van der Waals surface area contributed by atoms with Crippen molar-refractivity contribution in [2.75, 3.05) is 11.4 Å². The van der Waals surface area contributed by atoms with Crippen LogP contribution in [0.1, 0.15) is 37.0 Å². The topological polar surface area (TPSA) is 62.6 Å². The van der Waals surface area contributed by atoms with Crippen molar-refractivity contribution in [1.82, 2.24) is 24.5 Å². The summed E-state index contributed by atoms with van der Waals surface area (Å²) in [5.41, 5.74) is 4.49. The Labute approximate surface area is 129 Å². The van der Waals surface area contributed by atoms with Gasteiger partial charge in [-0.1, -0.05) is 13.8 Å². The predicted octanol–water partition coefficient (Wildman–Crippen LogP) is 2.38. The average molecular weight is 296 g/mol. The summed E-state index contributed by atoms with van der Waals surface area (Å²) in [5, 5.41) is 0. The maximum absolute atomic E-state index is 4.86. The van der Waals surface area contributed by atoms with Gasteiger partial charge < -0.3 is 14.5 Å². The molecule has 1 aliphatic rings. The lowest BCUT2D eigenvalue weighted by atomic mass is 10.1. The van der Waals surface area contributed by atoms with Gasteiger partial charge in [0.2, 0.25) is 0 Å². The summed E-state index contributed by atoms with van der Waals surface area (Å²) in [6, 6.07) is 1.96. The molecule has 0 bridgehead atoms. The molecule has 3 aromatic heterocycles. The Morgan fingerprint density at radius 2 is 2.14 bits per heavy atom. The van der Waals surface area contributed by atoms with Gasteiger partial charge in [-0.25, -0.2) is 15.0 Å². The summed E-state index contributed by atoms with van der Waals surface area (Å²) in [7, 11) is 2.13. The van der Waals surface area contributed by atoms with Gasteiger partial charge in [0.15, 0.2) is 5.82 Å². The Morgan fingerprint density at radius 3 is 2.95 bits per heavy atom. The Kier molecular flexibility index (Phi) is 2.92. The number of rotatable bonds is 2. The normalized spacial score (nSPS) is 14.8. The number of aromatic amines is 1. The molecule has 22 heavy (non-hydrogen) atoms. The summed E-state index contributed by atoms with van der Waals surface area (Å²) in [6.45, 7) is 6.13. The van der Waals surface area contributed by atoms with Crippen LogP contribution in [0.3, 0.4) is 0 Å². The SMILES string of the molecule is CC(C)c1nc2c(n1C)CCN(c1nccc3[nH]cnc13)C2. The fourth-order valence-electron chi connectivity index (χ4n) is 3.33. The fraction of sp³-hybridized carbons (Fsp3) is 0.438. The first-order valence-electron chi connectivity index (χ1n) is 7.72. The number of imidazole rings is 2. The van der Waals surface area contributed by atoms with Gasteiger partial charge in [-0.05, 0) is 6.07 Å². The number of pyridine rings is 1. The minimum Gasteiger partial charge on any atom is -0.348 e. The molecule has 0 unspecified atom stereocenters. The Morgan fingerprint density at radius 1 is 1.27 bits per heavy atom. The van der Waals surface area contributed by atoms with Crippen molar-refractivity contribution in [3.8, 4) is 0 Å². The van der Waals surface area contributed by atoms with Crippen molar-refractivity contribution >= 4 is 16.9 Å². The van der Waals surface area contributed by atoms with Crippen LogP contribution in [0.15, 0.2) is 18.6 Å². The highest BCUT2D eigenvalue weighted by Crippen LogP contribution is 2.28. The molecule has 0 fully saturated rings. The molecule has 0 atom stereocenters. The van der Waals surface area contributed by atoms with E-state index in [4.69, 9.17) is 4.98 Å². The molecule has 0 aliphatic carbocycles. The third kappa shape index (κ3) is 1.90. The van der Waals surface area contributed by atoms with Gasteiger partial charge in [0.25, 0.3) is 0 Å². The van der Waals surface area contributed by atoms with Crippen LogP contribution in [0.25, 0.3) is 11.0 Å². The molecule has 1 aliphatic heterocycles. The van der Waals surface area contributed by atoms with E-state index in [1.165, 1.54) is 11.4 Å². The lowest BCUT2D eigenvalue weighted by Crippen LogP contribution is -2.31. The van der Waals surface area contributed by atoms with E-state index in [1.807, 2.05) is 12.3 Å². The van der Waals surface area contributed by atoms with Gasteiger partial charge in [0.05, 0.1) is 24.1 Å². The van der Waals surface area contributed by atoms with E-state index in [0.717, 1.165) is 42.2 Å². The minimum atomic E-state index is 0.442. The molecule has 6 nitrogen and oxygen atoms in total. The zero-order valence-electron chi connectivity index (χ0n) is 13.2. The molecular weight excluding hydrogens is 276 g/mol. The first kappa shape index (κ1) is 13.3. The number of fused-ring (bicyclic) bond motifs is 2. The van der Waals surface area contributed by atoms with Crippen LogP contribution in [-0.2, 0) is 20.0 Å². The highest BCUT2D eigenvalue weighted by molar-refractivity contribution is 5.85. The van der Waals surface area contributed by atoms with Gasteiger partial charge in [-0.3, -0.25) is 0 Å². The third-order valence-electron chi connectivity index (χ3n) is 4.42. The highest BCUT2D eigenvalue weighted by Gasteiger charge is 2.25. The van der Waals surface area contributed by atoms with Crippen molar-refractivity contribution < 1.29 is 0 Å². The van der Waals surface area contributed by atoms with Crippen LogP contribution in [0.4, 0.5) is 5.82 Å². The van der Waals surface area contributed by atoms with Gasteiger partial charge in [0, 0.05) is 37.8 Å². The summed E-state index contributed by atoms with van der Waals surface area (Å²) < 4.78 is 2.26. The molecule has 0 amide bonds.